The van der Waals surface area contributed by atoms with Crippen molar-refractivity contribution < 1.29 is 0 Å². The lowest BCUT2D eigenvalue weighted by molar-refractivity contribution is 0.291. The average Bonchev–Trinajstić information content (AvgIpc) is 2.37. The summed E-state index contributed by atoms with van der Waals surface area (Å²) in [4.78, 5) is 0. The highest BCUT2D eigenvalue weighted by atomic mass is 14.9. The lowest BCUT2D eigenvalue weighted by Crippen LogP contribution is -2.33. The van der Waals surface area contributed by atoms with Crippen LogP contribution < -0.4 is 5.32 Å². The highest BCUT2D eigenvalue weighted by Crippen LogP contribution is 2.23. The van der Waals surface area contributed by atoms with E-state index in [1.165, 1.54) is 30.4 Å². The molecule has 1 heteroatoms. The van der Waals surface area contributed by atoms with Crippen LogP contribution >= 0.6 is 0 Å². The Hall–Kier alpha value is -0.820. The second-order valence-corrected chi connectivity index (χ2v) is 6.09. The van der Waals surface area contributed by atoms with Gasteiger partial charge >= 0.3 is 0 Å². The van der Waals surface area contributed by atoms with E-state index < -0.39 is 0 Å². The van der Waals surface area contributed by atoms with Gasteiger partial charge in [-0.25, -0.2) is 0 Å². The zero-order valence-corrected chi connectivity index (χ0v) is 13.4. The van der Waals surface area contributed by atoms with Crippen LogP contribution in [-0.4, -0.2) is 12.6 Å². The predicted molar refractivity (Wildman–Crippen MR) is 85.6 cm³/mol. The first-order valence-electron chi connectivity index (χ1n) is 7.85. The normalized spacial score (nSPS) is 13.2. The summed E-state index contributed by atoms with van der Waals surface area (Å²) < 4.78 is 0. The molecule has 0 aliphatic rings. The fourth-order valence-corrected chi connectivity index (χ4v) is 2.89. The molecule has 0 amide bonds. The third-order valence-electron chi connectivity index (χ3n) is 4.08. The highest BCUT2D eigenvalue weighted by Gasteiger charge is 2.19. The Bertz CT molecular complexity index is 352. The van der Waals surface area contributed by atoms with E-state index in [-0.39, 0.29) is 0 Å². The topological polar surface area (TPSA) is 12.0 Å². The quantitative estimate of drug-likeness (QED) is 0.722. The van der Waals surface area contributed by atoms with E-state index >= 15 is 0 Å². The Balaban J connectivity index is 2.72. The molecule has 1 aromatic rings. The second kappa shape index (κ2) is 8.37. The molecule has 0 saturated carbocycles. The van der Waals surface area contributed by atoms with Crippen molar-refractivity contribution in [2.24, 2.45) is 11.8 Å². The number of aryl methyl sites for hydroxylation is 1. The summed E-state index contributed by atoms with van der Waals surface area (Å²) in [5, 5.41) is 3.63. The predicted octanol–water partition coefficient (Wildman–Crippen LogP) is 4.59. The molecule has 19 heavy (non-hydrogen) atoms. The second-order valence-electron chi connectivity index (χ2n) is 6.09. The van der Waals surface area contributed by atoms with Crippen molar-refractivity contribution in [2.45, 2.75) is 59.9 Å². The summed E-state index contributed by atoms with van der Waals surface area (Å²) >= 11 is 0. The van der Waals surface area contributed by atoms with Crippen molar-refractivity contribution in [3.05, 3.63) is 35.4 Å². The summed E-state index contributed by atoms with van der Waals surface area (Å²) in [5.41, 5.74) is 2.86. The van der Waals surface area contributed by atoms with Gasteiger partial charge in [-0.2, -0.15) is 0 Å². The van der Waals surface area contributed by atoms with Gasteiger partial charge in [0.15, 0.2) is 0 Å². The Morgan fingerprint density at radius 1 is 1.05 bits per heavy atom. The van der Waals surface area contributed by atoms with Crippen LogP contribution in [0.2, 0.25) is 0 Å². The van der Waals surface area contributed by atoms with Gasteiger partial charge in [-0.15, -0.1) is 0 Å². The number of benzene rings is 1. The molecule has 1 nitrogen and oxygen atoms in total. The van der Waals surface area contributed by atoms with Crippen molar-refractivity contribution in [1.29, 1.82) is 0 Å². The van der Waals surface area contributed by atoms with Crippen LogP contribution in [0.1, 0.15) is 51.7 Å². The molecule has 1 unspecified atom stereocenters. The van der Waals surface area contributed by atoms with E-state index in [9.17, 15) is 0 Å². The van der Waals surface area contributed by atoms with E-state index in [1.807, 2.05) is 0 Å². The zero-order chi connectivity index (χ0) is 14.3. The molecule has 0 fully saturated rings. The van der Waals surface area contributed by atoms with Crippen molar-refractivity contribution in [3.63, 3.8) is 0 Å². The largest absolute Gasteiger partial charge is 0.314 e. The van der Waals surface area contributed by atoms with Crippen LogP contribution in [0.5, 0.6) is 0 Å². The van der Waals surface area contributed by atoms with E-state index in [0.717, 1.165) is 18.4 Å². The van der Waals surface area contributed by atoms with E-state index in [1.54, 1.807) is 0 Å². The van der Waals surface area contributed by atoms with Gasteiger partial charge in [0.1, 0.15) is 0 Å². The molecule has 1 rings (SSSR count). The molecular weight excluding hydrogens is 230 g/mol. The van der Waals surface area contributed by atoms with Gasteiger partial charge in [0, 0.05) is 6.04 Å². The first-order chi connectivity index (χ1) is 9.06. The van der Waals surface area contributed by atoms with Gasteiger partial charge in [0.05, 0.1) is 0 Å². The molecule has 0 aliphatic heterocycles. The molecule has 1 atom stereocenters. The standard InChI is InChI=1S/C18H31N/c1-6-17(7-2)18(13-19-14(3)4)12-16-10-8-9-15(5)11-16/h8-11,14,17-19H,6-7,12-13H2,1-5H3. The van der Waals surface area contributed by atoms with Crippen LogP contribution in [0.15, 0.2) is 24.3 Å². The van der Waals surface area contributed by atoms with E-state index in [4.69, 9.17) is 0 Å². The van der Waals surface area contributed by atoms with Gasteiger partial charge in [-0.3, -0.25) is 0 Å². The third-order valence-corrected chi connectivity index (χ3v) is 4.08. The Morgan fingerprint density at radius 3 is 2.26 bits per heavy atom. The fraction of sp³-hybridized carbons (Fsp3) is 0.667. The first kappa shape index (κ1) is 16.2. The summed E-state index contributed by atoms with van der Waals surface area (Å²) in [6.45, 7) is 12.4. The van der Waals surface area contributed by atoms with Gasteiger partial charge in [0.25, 0.3) is 0 Å². The van der Waals surface area contributed by atoms with Crippen molar-refractivity contribution >= 4 is 0 Å². The molecule has 0 spiro atoms. The van der Waals surface area contributed by atoms with Crippen LogP contribution in [0.4, 0.5) is 0 Å². The minimum Gasteiger partial charge on any atom is -0.314 e. The molecule has 1 aromatic carbocycles. The summed E-state index contributed by atoms with van der Waals surface area (Å²) in [6.07, 6.45) is 3.77. The molecule has 0 bridgehead atoms. The van der Waals surface area contributed by atoms with Crippen LogP contribution in [0.3, 0.4) is 0 Å². The lowest BCUT2D eigenvalue weighted by Gasteiger charge is -2.27. The Kier molecular flexibility index (Phi) is 7.15. The van der Waals surface area contributed by atoms with E-state index in [2.05, 4.69) is 64.2 Å². The van der Waals surface area contributed by atoms with Crippen molar-refractivity contribution in [2.75, 3.05) is 6.54 Å². The first-order valence-corrected chi connectivity index (χ1v) is 7.85. The smallest absolute Gasteiger partial charge is 0.00104 e. The molecule has 0 aliphatic carbocycles. The van der Waals surface area contributed by atoms with Crippen molar-refractivity contribution in [3.8, 4) is 0 Å². The molecule has 108 valence electrons. The number of rotatable bonds is 8. The zero-order valence-electron chi connectivity index (χ0n) is 13.4. The highest BCUT2D eigenvalue weighted by molar-refractivity contribution is 5.22. The Labute approximate surface area is 119 Å². The monoisotopic (exact) mass is 261 g/mol. The van der Waals surface area contributed by atoms with Crippen LogP contribution in [-0.2, 0) is 6.42 Å². The number of hydrogen-bond acceptors (Lipinski definition) is 1. The summed E-state index contributed by atoms with van der Waals surface area (Å²) in [5.74, 6) is 1.57. The van der Waals surface area contributed by atoms with Gasteiger partial charge < -0.3 is 5.32 Å². The van der Waals surface area contributed by atoms with Crippen LogP contribution in [0, 0.1) is 18.8 Å². The molecule has 0 saturated heterocycles. The molecule has 0 heterocycles. The maximum atomic E-state index is 3.63. The molecule has 1 N–H and O–H groups in total. The third kappa shape index (κ3) is 5.78. The minimum absolute atomic E-state index is 0.578. The van der Waals surface area contributed by atoms with Gasteiger partial charge in [-0.05, 0) is 37.3 Å². The molecule has 0 radical (unpaired) electrons. The summed E-state index contributed by atoms with van der Waals surface area (Å²) in [6, 6.07) is 9.56. The van der Waals surface area contributed by atoms with Crippen LogP contribution in [0.25, 0.3) is 0 Å². The number of nitrogens with one attached hydrogen (secondary N) is 1. The maximum absolute atomic E-state index is 3.63. The SMILES string of the molecule is CCC(CC)C(CNC(C)C)Cc1cccc(C)c1. The molecular formula is C18H31N. The van der Waals surface area contributed by atoms with Gasteiger partial charge in [0.2, 0.25) is 0 Å². The number of hydrogen-bond donors (Lipinski definition) is 1. The maximum Gasteiger partial charge on any atom is 0.00104 e. The summed E-state index contributed by atoms with van der Waals surface area (Å²) in [7, 11) is 0. The van der Waals surface area contributed by atoms with Crippen molar-refractivity contribution in [1.82, 2.24) is 5.32 Å². The minimum atomic E-state index is 0.578. The lowest BCUT2D eigenvalue weighted by atomic mass is 9.83. The average molecular weight is 261 g/mol. The Morgan fingerprint density at radius 2 is 1.74 bits per heavy atom. The fourth-order valence-electron chi connectivity index (χ4n) is 2.89. The molecule has 0 aromatic heterocycles. The van der Waals surface area contributed by atoms with E-state index in [0.29, 0.717) is 6.04 Å². The van der Waals surface area contributed by atoms with Gasteiger partial charge in [-0.1, -0.05) is 70.4 Å².